The number of ether oxygens (including phenoxy) is 1. The molecular formula is C12H21N3O5. The van der Waals surface area contributed by atoms with E-state index in [0.29, 0.717) is 6.54 Å². The highest BCUT2D eigenvalue weighted by molar-refractivity contribution is 5.84. The van der Waals surface area contributed by atoms with Crippen LogP contribution in [0.5, 0.6) is 0 Å². The number of nitrogens with one attached hydrogen (secondary N) is 3. The zero-order chi connectivity index (χ0) is 15.2. The van der Waals surface area contributed by atoms with Gasteiger partial charge in [-0.15, -0.1) is 0 Å². The number of carbonyl (C=O) groups is 3. The lowest BCUT2D eigenvalue weighted by Crippen LogP contribution is -2.53. The molecular weight excluding hydrogens is 266 g/mol. The molecule has 0 spiro atoms. The minimum atomic E-state index is -1.15. The van der Waals surface area contributed by atoms with E-state index in [-0.39, 0.29) is 25.7 Å². The van der Waals surface area contributed by atoms with Crippen molar-refractivity contribution in [3.05, 3.63) is 0 Å². The summed E-state index contributed by atoms with van der Waals surface area (Å²) < 4.78 is 5.11. The number of hydrogen-bond donors (Lipinski definition) is 4. The van der Waals surface area contributed by atoms with Crippen molar-refractivity contribution >= 4 is 17.9 Å². The van der Waals surface area contributed by atoms with Crippen LogP contribution in [0.1, 0.15) is 20.3 Å². The van der Waals surface area contributed by atoms with E-state index >= 15 is 0 Å². The fourth-order valence-corrected chi connectivity index (χ4v) is 1.78. The average Bonchev–Trinajstić information content (AvgIpc) is 2.77. The van der Waals surface area contributed by atoms with Gasteiger partial charge in [-0.05, 0) is 13.3 Å². The summed E-state index contributed by atoms with van der Waals surface area (Å²) >= 11 is 0. The Labute approximate surface area is 117 Å². The second kappa shape index (κ2) is 7.09. The first kappa shape index (κ1) is 16.2. The van der Waals surface area contributed by atoms with Crippen molar-refractivity contribution in [1.29, 1.82) is 0 Å². The summed E-state index contributed by atoms with van der Waals surface area (Å²) in [5, 5.41) is 16.7. The number of hydrogen-bond acceptors (Lipinski definition) is 4. The van der Waals surface area contributed by atoms with Crippen molar-refractivity contribution in [3.8, 4) is 0 Å². The molecule has 0 saturated carbocycles. The monoisotopic (exact) mass is 287 g/mol. The maximum atomic E-state index is 11.6. The molecule has 0 aromatic carbocycles. The molecule has 0 aromatic rings. The standard InChI is InChI=1S/C12H21N3O5/c1-3-4-13-9(16)5-14-11(19)15-8-6-20-7-12(8,2)10(17)18/h8H,3-7H2,1-2H3,(H,13,16)(H,17,18)(H2,14,15,19). The second-order valence-corrected chi connectivity index (χ2v) is 4.97. The molecule has 1 heterocycles. The Morgan fingerprint density at radius 3 is 2.65 bits per heavy atom. The zero-order valence-electron chi connectivity index (χ0n) is 11.7. The van der Waals surface area contributed by atoms with E-state index in [1.807, 2.05) is 6.92 Å². The van der Waals surface area contributed by atoms with Crippen LogP contribution in [0.25, 0.3) is 0 Å². The molecule has 0 radical (unpaired) electrons. The van der Waals surface area contributed by atoms with Crippen LogP contribution in [-0.4, -0.2) is 55.4 Å². The van der Waals surface area contributed by atoms with Gasteiger partial charge in [0.15, 0.2) is 0 Å². The van der Waals surface area contributed by atoms with Gasteiger partial charge in [-0.1, -0.05) is 6.92 Å². The first-order valence-electron chi connectivity index (χ1n) is 6.52. The van der Waals surface area contributed by atoms with Crippen molar-refractivity contribution in [3.63, 3.8) is 0 Å². The molecule has 20 heavy (non-hydrogen) atoms. The predicted octanol–water partition coefficient (Wildman–Crippen LogP) is -0.698. The molecule has 0 aromatic heterocycles. The first-order valence-corrected chi connectivity index (χ1v) is 6.52. The highest BCUT2D eigenvalue weighted by atomic mass is 16.5. The fourth-order valence-electron chi connectivity index (χ4n) is 1.78. The molecule has 0 bridgehead atoms. The molecule has 1 aliphatic heterocycles. The predicted molar refractivity (Wildman–Crippen MR) is 70.2 cm³/mol. The second-order valence-electron chi connectivity index (χ2n) is 4.97. The third-order valence-corrected chi connectivity index (χ3v) is 3.23. The van der Waals surface area contributed by atoms with Crippen LogP contribution in [0.2, 0.25) is 0 Å². The number of rotatable bonds is 6. The van der Waals surface area contributed by atoms with Crippen LogP contribution in [0.15, 0.2) is 0 Å². The van der Waals surface area contributed by atoms with E-state index in [2.05, 4.69) is 16.0 Å². The zero-order valence-corrected chi connectivity index (χ0v) is 11.7. The Balaban J connectivity index is 2.39. The van der Waals surface area contributed by atoms with Crippen LogP contribution in [0.4, 0.5) is 4.79 Å². The van der Waals surface area contributed by atoms with Crippen molar-refractivity contribution in [2.75, 3.05) is 26.3 Å². The summed E-state index contributed by atoms with van der Waals surface area (Å²) in [6.07, 6.45) is 0.814. The number of amides is 3. The first-order chi connectivity index (χ1) is 9.40. The van der Waals surface area contributed by atoms with Gasteiger partial charge in [0.05, 0.1) is 25.8 Å². The van der Waals surface area contributed by atoms with Gasteiger partial charge in [-0.25, -0.2) is 4.79 Å². The van der Waals surface area contributed by atoms with E-state index in [0.717, 1.165) is 6.42 Å². The molecule has 1 saturated heterocycles. The summed E-state index contributed by atoms with van der Waals surface area (Å²) in [5.41, 5.74) is -1.15. The minimum Gasteiger partial charge on any atom is -0.481 e. The van der Waals surface area contributed by atoms with Crippen LogP contribution in [-0.2, 0) is 14.3 Å². The Hall–Kier alpha value is -1.83. The number of carboxylic acid groups (broad SMARTS) is 1. The van der Waals surface area contributed by atoms with Gasteiger partial charge < -0.3 is 25.8 Å². The van der Waals surface area contributed by atoms with Gasteiger partial charge in [-0.2, -0.15) is 0 Å². The number of carboxylic acids is 1. The summed E-state index contributed by atoms with van der Waals surface area (Å²) in [5.74, 6) is -1.31. The van der Waals surface area contributed by atoms with E-state index in [1.165, 1.54) is 6.92 Å². The van der Waals surface area contributed by atoms with Crippen molar-refractivity contribution in [1.82, 2.24) is 16.0 Å². The number of carbonyl (C=O) groups excluding carboxylic acids is 2. The Morgan fingerprint density at radius 2 is 2.05 bits per heavy atom. The normalized spacial score (nSPS) is 25.0. The average molecular weight is 287 g/mol. The number of aliphatic carboxylic acids is 1. The third-order valence-electron chi connectivity index (χ3n) is 3.23. The summed E-state index contributed by atoms with van der Waals surface area (Å²) in [4.78, 5) is 34.1. The van der Waals surface area contributed by atoms with E-state index < -0.39 is 23.5 Å². The summed E-state index contributed by atoms with van der Waals surface area (Å²) in [7, 11) is 0. The van der Waals surface area contributed by atoms with Crippen LogP contribution in [0, 0.1) is 5.41 Å². The Kier molecular flexibility index (Phi) is 5.75. The molecule has 2 atom stereocenters. The lowest BCUT2D eigenvalue weighted by Gasteiger charge is -2.25. The highest BCUT2D eigenvalue weighted by Crippen LogP contribution is 2.28. The fraction of sp³-hybridized carbons (Fsp3) is 0.750. The Bertz CT molecular complexity index is 387. The van der Waals surface area contributed by atoms with E-state index in [4.69, 9.17) is 9.84 Å². The van der Waals surface area contributed by atoms with Crippen molar-refractivity contribution < 1.29 is 24.2 Å². The quantitative estimate of drug-likeness (QED) is 0.515. The molecule has 2 unspecified atom stereocenters. The SMILES string of the molecule is CCCNC(=O)CNC(=O)NC1COCC1(C)C(=O)O. The van der Waals surface area contributed by atoms with Crippen molar-refractivity contribution in [2.45, 2.75) is 26.3 Å². The minimum absolute atomic E-state index is 0.0459. The largest absolute Gasteiger partial charge is 0.481 e. The molecule has 0 aliphatic carbocycles. The lowest BCUT2D eigenvalue weighted by atomic mass is 9.85. The Morgan fingerprint density at radius 1 is 1.35 bits per heavy atom. The van der Waals surface area contributed by atoms with Gasteiger partial charge in [0, 0.05) is 6.54 Å². The maximum absolute atomic E-state index is 11.6. The van der Waals surface area contributed by atoms with Crippen LogP contribution in [0.3, 0.4) is 0 Å². The van der Waals surface area contributed by atoms with Crippen LogP contribution < -0.4 is 16.0 Å². The van der Waals surface area contributed by atoms with Gasteiger partial charge >= 0.3 is 12.0 Å². The molecule has 1 rings (SSSR count). The smallest absolute Gasteiger partial charge is 0.315 e. The van der Waals surface area contributed by atoms with E-state index in [1.54, 1.807) is 0 Å². The molecule has 8 heteroatoms. The summed E-state index contributed by atoms with van der Waals surface area (Å²) in [6.45, 7) is 4.02. The third kappa shape index (κ3) is 4.09. The molecule has 114 valence electrons. The summed E-state index contributed by atoms with van der Waals surface area (Å²) in [6, 6.07) is -1.21. The molecule has 8 nitrogen and oxygen atoms in total. The molecule has 4 N–H and O–H groups in total. The van der Waals surface area contributed by atoms with Gasteiger partial charge in [0.1, 0.15) is 5.41 Å². The maximum Gasteiger partial charge on any atom is 0.315 e. The molecule has 1 aliphatic rings. The van der Waals surface area contributed by atoms with Gasteiger partial charge in [0.2, 0.25) is 5.91 Å². The molecule has 1 fully saturated rings. The number of urea groups is 1. The van der Waals surface area contributed by atoms with E-state index in [9.17, 15) is 14.4 Å². The lowest BCUT2D eigenvalue weighted by molar-refractivity contribution is -0.148. The topological polar surface area (TPSA) is 117 Å². The van der Waals surface area contributed by atoms with Crippen LogP contribution >= 0.6 is 0 Å². The molecule has 3 amide bonds. The van der Waals surface area contributed by atoms with Gasteiger partial charge in [0.25, 0.3) is 0 Å². The van der Waals surface area contributed by atoms with Crippen molar-refractivity contribution in [2.24, 2.45) is 5.41 Å². The highest BCUT2D eigenvalue weighted by Gasteiger charge is 2.47. The van der Waals surface area contributed by atoms with Gasteiger partial charge in [-0.3, -0.25) is 9.59 Å².